The number of hydrogen-bond donors (Lipinski definition) is 3. The lowest BCUT2D eigenvalue weighted by atomic mass is 10.1. The number of hydrogen-bond acceptors (Lipinski definition) is 5. The van der Waals surface area contributed by atoms with Crippen LogP contribution < -0.4 is 16.2 Å². The van der Waals surface area contributed by atoms with Crippen LogP contribution in [0.5, 0.6) is 0 Å². The molecule has 17 heavy (non-hydrogen) atoms. The van der Waals surface area contributed by atoms with Crippen LogP contribution in [-0.4, -0.2) is 24.8 Å². The number of nitrogen functional groups attached to an aromatic ring is 1. The molecule has 5 N–H and O–H groups in total. The largest absolute Gasteiger partial charge is 0.383 e. The first-order valence-corrected chi connectivity index (χ1v) is 6.19. The Balaban J connectivity index is 3.15. The highest BCUT2D eigenvalue weighted by molar-refractivity contribution is 7.89. The molecule has 0 atom stereocenters. The van der Waals surface area contributed by atoms with Gasteiger partial charge in [-0.3, -0.25) is 4.79 Å². The highest BCUT2D eigenvalue weighted by atomic mass is 32.2. The molecule has 7 nitrogen and oxygen atoms in total. The highest BCUT2D eigenvalue weighted by Crippen LogP contribution is 2.16. The van der Waals surface area contributed by atoms with E-state index in [0.29, 0.717) is 0 Å². The Hall–Kier alpha value is -1.67. The van der Waals surface area contributed by atoms with Crippen molar-refractivity contribution >= 4 is 21.7 Å². The molecular weight excluding hydrogens is 244 g/mol. The molecule has 0 spiro atoms. The van der Waals surface area contributed by atoms with E-state index in [1.165, 1.54) is 32.2 Å². The monoisotopic (exact) mass is 258 g/mol. The minimum Gasteiger partial charge on any atom is -0.383 e. The Labute approximate surface area is 99.3 Å². The van der Waals surface area contributed by atoms with E-state index in [-0.39, 0.29) is 10.7 Å². The Bertz CT molecular complexity index is 539. The number of pyridine rings is 1. The van der Waals surface area contributed by atoms with Gasteiger partial charge in [0.15, 0.2) is 0 Å². The molecule has 0 fully saturated rings. The van der Waals surface area contributed by atoms with E-state index >= 15 is 0 Å². The average molecular weight is 258 g/mol. The first-order valence-electron chi connectivity index (χ1n) is 4.71. The van der Waals surface area contributed by atoms with Crippen molar-refractivity contribution < 1.29 is 13.2 Å². The van der Waals surface area contributed by atoms with Gasteiger partial charge in [0.25, 0.3) is 0 Å². The quantitative estimate of drug-likeness (QED) is 0.651. The standard InChI is InChI=1S/C9H14N4O3S/c1-9(2,8(11)14)13-17(15,16)6-4-3-5-12-7(6)10/h3-5,13H,1-2H3,(H2,10,12)(H2,11,14). The fourth-order valence-corrected chi connectivity index (χ4v) is 2.54. The van der Waals surface area contributed by atoms with Gasteiger partial charge >= 0.3 is 0 Å². The highest BCUT2D eigenvalue weighted by Gasteiger charge is 2.32. The van der Waals surface area contributed by atoms with Crippen molar-refractivity contribution in [3.8, 4) is 0 Å². The lowest BCUT2D eigenvalue weighted by Gasteiger charge is -2.22. The minimum atomic E-state index is -3.93. The van der Waals surface area contributed by atoms with Gasteiger partial charge in [-0.05, 0) is 26.0 Å². The van der Waals surface area contributed by atoms with Crippen LogP contribution in [0.25, 0.3) is 0 Å². The zero-order valence-electron chi connectivity index (χ0n) is 9.47. The molecule has 1 rings (SSSR count). The zero-order valence-corrected chi connectivity index (χ0v) is 10.3. The van der Waals surface area contributed by atoms with Gasteiger partial charge in [0.1, 0.15) is 16.3 Å². The molecule has 1 amide bonds. The van der Waals surface area contributed by atoms with E-state index in [1.54, 1.807) is 0 Å². The van der Waals surface area contributed by atoms with Crippen LogP contribution >= 0.6 is 0 Å². The molecule has 0 saturated carbocycles. The molecule has 94 valence electrons. The number of sulfonamides is 1. The van der Waals surface area contributed by atoms with Crippen LogP contribution in [0.2, 0.25) is 0 Å². The summed E-state index contributed by atoms with van der Waals surface area (Å²) in [4.78, 5) is 14.5. The van der Waals surface area contributed by atoms with E-state index in [0.717, 1.165) is 0 Å². The predicted molar refractivity (Wildman–Crippen MR) is 62.2 cm³/mol. The Kier molecular flexibility index (Phi) is 3.39. The predicted octanol–water partition coefficient (Wildman–Crippen LogP) is -0.794. The van der Waals surface area contributed by atoms with Crippen LogP contribution in [0, 0.1) is 0 Å². The van der Waals surface area contributed by atoms with Crippen molar-refractivity contribution in [2.24, 2.45) is 5.73 Å². The molecule has 0 radical (unpaired) electrons. The maximum Gasteiger partial charge on any atom is 0.245 e. The van der Waals surface area contributed by atoms with Gasteiger partial charge in [-0.2, -0.15) is 4.72 Å². The molecule has 0 unspecified atom stereocenters. The second kappa shape index (κ2) is 4.30. The van der Waals surface area contributed by atoms with E-state index in [2.05, 4.69) is 9.71 Å². The molecular formula is C9H14N4O3S. The lowest BCUT2D eigenvalue weighted by molar-refractivity contribution is -0.122. The van der Waals surface area contributed by atoms with Gasteiger partial charge < -0.3 is 11.5 Å². The van der Waals surface area contributed by atoms with Crippen LogP contribution in [0.15, 0.2) is 23.2 Å². The van der Waals surface area contributed by atoms with Crippen molar-refractivity contribution in [3.63, 3.8) is 0 Å². The van der Waals surface area contributed by atoms with Gasteiger partial charge in [-0.1, -0.05) is 0 Å². The number of nitrogens with zero attached hydrogens (tertiary/aromatic N) is 1. The number of rotatable bonds is 4. The van der Waals surface area contributed by atoms with Crippen LogP contribution in [-0.2, 0) is 14.8 Å². The molecule has 0 bridgehead atoms. The smallest absolute Gasteiger partial charge is 0.245 e. The summed E-state index contributed by atoms with van der Waals surface area (Å²) in [5.41, 5.74) is 9.13. The molecule has 0 saturated heterocycles. The third kappa shape index (κ3) is 2.92. The first kappa shape index (κ1) is 13.4. The third-order valence-corrected chi connectivity index (χ3v) is 3.80. The van der Waals surface area contributed by atoms with Crippen molar-refractivity contribution in [2.45, 2.75) is 24.3 Å². The maximum atomic E-state index is 11.9. The summed E-state index contributed by atoms with van der Waals surface area (Å²) in [7, 11) is -3.93. The molecule has 1 aromatic heterocycles. The number of carbonyl (C=O) groups excluding carboxylic acids is 1. The summed E-state index contributed by atoms with van der Waals surface area (Å²) in [5, 5.41) is 0. The normalized spacial score (nSPS) is 12.4. The second-order valence-corrected chi connectivity index (χ2v) is 5.63. The topological polar surface area (TPSA) is 128 Å². The Morgan fingerprint density at radius 3 is 2.53 bits per heavy atom. The summed E-state index contributed by atoms with van der Waals surface area (Å²) in [6, 6.07) is 2.73. The van der Waals surface area contributed by atoms with Crippen LogP contribution in [0.3, 0.4) is 0 Å². The number of aromatic nitrogens is 1. The number of nitrogens with two attached hydrogens (primary N) is 2. The van der Waals surface area contributed by atoms with Gasteiger partial charge in [-0.25, -0.2) is 13.4 Å². The molecule has 0 aliphatic carbocycles. The average Bonchev–Trinajstić information content (AvgIpc) is 2.16. The van der Waals surface area contributed by atoms with Crippen molar-refractivity contribution in [1.29, 1.82) is 0 Å². The van der Waals surface area contributed by atoms with Crippen LogP contribution in [0.1, 0.15) is 13.8 Å². The number of carbonyl (C=O) groups is 1. The molecule has 0 aliphatic heterocycles. The molecule has 0 aliphatic rings. The summed E-state index contributed by atoms with van der Waals surface area (Å²) in [5.74, 6) is -0.927. The van der Waals surface area contributed by atoms with Gasteiger partial charge in [0.05, 0.1) is 0 Å². The van der Waals surface area contributed by atoms with Crippen molar-refractivity contribution in [2.75, 3.05) is 5.73 Å². The van der Waals surface area contributed by atoms with Crippen molar-refractivity contribution in [1.82, 2.24) is 9.71 Å². The molecule has 8 heteroatoms. The molecule has 1 aromatic rings. The van der Waals surface area contributed by atoms with E-state index < -0.39 is 21.5 Å². The summed E-state index contributed by atoms with van der Waals surface area (Å²) >= 11 is 0. The van der Waals surface area contributed by atoms with Gasteiger partial charge in [0, 0.05) is 6.20 Å². The number of amides is 1. The van der Waals surface area contributed by atoms with E-state index in [1.807, 2.05) is 0 Å². The van der Waals surface area contributed by atoms with E-state index in [4.69, 9.17) is 11.5 Å². The molecule has 1 heterocycles. The summed E-state index contributed by atoms with van der Waals surface area (Å²) in [6.07, 6.45) is 1.37. The van der Waals surface area contributed by atoms with Gasteiger partial charge in [0.2, 0.25) is 15.9 Å². The first-order chi connectivity index (χ1) is 7.67. The third-order valence-electron chi connectivity index (χ3n) is 2.09. The van der Waals surface area contributed by atoms with Crippen LogP contribution in [0.4, 0.5) is 5.82 Å². The molecule has 0 aromatic carbocycles. The fraction of sp³-hybridized carbons (Fsp3) is 0.333. The second-order valence-electron chi connectivity index (χ2n) is 3.98. The van der Waals surface area contributed by atoms with E-state index in [9.17, 15) is 13.2 Å². The SMILES string of the molecule is CC(C)(NS(=O)(=O)c1cccnc1N)C(N)=O. The van der Waals surface area contributed by atoms with Crippen molar-refractivity contribution in [3.05, 3.63) is 18.3 Å². The Morgan fingerprint density at radius 2 is 2.06 bits per heavy atom. The maximum absolute atomic E-state index is 11.9. The number of nitrogens with one attached hydrogen (secondary N) is 1. The van der Waals surface area contributed by atoms with Gasteiger partial charge in [-0.15, -0.1) is 0 Å². The zero-order chi connectivity index (χ0) is 13.3. The number of anilines is 1. The number of primary amides is 1. The minimum absolute atomic E-state index is 0.139. The Morgan fingerprint density at radius 1 is 1.47 bits per heavy atom. The summed E-state index contributed by atoms with van der Waals surface area (Å²) < 4.78 is 26.0. The fourth-order valence-electron chi connectivity index (χ4n) is 1.07. The summed E-state index contributed by atoms with van der Waals surface area (Å²) in [6.45, 7) is 2.72. The lowest BCUT2D eigenvalue weighted by Crippen LogP contribution is -2.52.